The van der Waals surface area contributed by atoms with Crippen molar-refractivity contribution in [3.05, 3.63) is 59.7 Å². The van der Waals surface area contributed by atoms with Crippen LogP contribution in [0.25, 0.3) is 0 Å². The van der Waals surface area contributed by atoms with E-state index < -0.39 is 0 Å². The van der Waals surface area contributed by atoms with E-state index in [4.69, 9.17) is 4.74 Å². The number of rotatable bonds is 4. The summed E-state index contributed by atoms with van der Waals surface area (Å²) >= 11 is 0. The molecule has 0 aliphatic heterocycles. The number of pyridine rings is 1. The van der Waals surface area contributed by atoms with Crippen LogP contribution in [0.5, 0.6) is 5.75 Å². The summed E-state index contributed by atoms with van der Waals surface area (Å²) in [6.45, 7) is 6.04. The van der Waals surface area contributed by atoms with Gasteiger partial charge >= 0.3 is 0 Å². The van der Waals surface area contributed by atoms with Crippen LogP contribution in [0, 0.1) is 5.82 Å². The Hall–Kier alpha value is -1.90. The lowest BCUT2D eigenvalue weighted by Gasteiger charge is -2.18. The van der Waals surface area contributed by atoms with Crippen molar-refractivity contribution in [3.63, 3.8) is 0 Å². The van der Waals surface area contributed by atoms with Gasteiger partial charge in [-0.05, 0) is 36.6 Å². The van der Waals surface area contributed by atoms with E-state index >= 15 is 0 Å². The van der Waals surface area contributed by atoms with Crippen molar-refractivity contribution in [2.75, 3.05) is 0 Å². The molecule has 2 rings (SSSR count). The number of halogens is 1. The molecule has 0 N–H and O–H groups in total. The molecule has 1 heterocycles. The van der Waals surface area contributed by atoms with Crippen molar-refractivity contribution in [1.82, 2.24) is 4.98 Å². The minimum absolute atomic E-state index is 0.208. The topological polar surface area (TPSA) is 22.1 Å². The molecule has 0 spiro atoms. The van der Waals surface area contributed by atoms with E-state index in [0.29, 0.717) is 5.75 Å². The van der Waals surface area contributed by atoms with E-state index in [1.54, 1.807) is 12.3 Å². The SMILES string of the molecule is CC(C)c1ccc(F)cc1OC(C)c1ccccn1. The van der Waals surface area contributed by atoms with Crippen LogP contribution in [-0.2, 0) is 0 Å². The molecule has 3 heteroatoms. The third-order valence-corrected chi connectivity index (χ3v) is 3.01. The van der Waals surface area contributed by atoms with Crippen LogP contribution in [0.1, 0.15) is 44.1 Å². The highest BCUT2D eigenvalue weighted by molar-refractivity contribution is 5.36. The molecule has 0 fully saturated rings. The van der Waals surface area contributed by atoms with Crippen molar-refractivity contribution in [2.24, 2.45) is 0 Å². The Balaban J connectivity index is 2.25. The van der Waals surface area contributed by atoms with Gasteiger partial charge in [-0.2, -0.15) is 0 Å². The van der Waals surface area contributed by atoms with Crippen molar-refractivity contribution < 1.29 is 9.13 Å². The summed E-state index contributed by atoms with van der Waals surface area (Å²) in [6.07, 6.45) is 1.52. The molecule has 0 saturated heterocycles. The van der Waals surface area contributed by atoms with E-state index in [0.717, 1.165) is 11.3 Å². The molecule has 0 aliphatic rings. The van der Waals surface area contributed by atoms with Crippen LogP contribution in [0.4, 0.5) is 4.39 Å². The molecule has 0 saturated carbocycles. The van der Waals surface area contributed by atoms with E-state index in [9.17, 15) is 4.39 Å². The van der Waals surface area contributed by atoms with Gasteiger partial charge in [-0.1, -0.05) is 26.0 Å². The summed E-state index contributed by atoms with van der Waals surface area (Å²) in [5.74, 6) is 0.590. The van der Waals surface area contributed by atoms with Gasteiger partial charge in [0.25, 0.3) is 0 Å². The molecule has 0 aliphatic carbocycles. The second-order valence-electron chi connectivity index (χ2n) is 4.85. The number of hydrogen-bond donors (Lipinski definition) is 0. The smallest absolute Gasteiger partial charge is 0.138 e. The zero-order chi connectivity index (χ0) is 13.8. The van der Waals surface area contributed by atoms with Gasteiger partial charge in [-0.15, -0.1) is 0 Å². The van der Waals surface area contributed by atoms with Gasteiger partial charge in [0.2, 0.25) is 0 Å². The van der Waals surface area contributed by atoms with Crippen molar-refractivity contribution in [1.29, 1.82) is 0 Å². The zero-order valence-electron chi connectivity index (χ0n) is 11.4. The first-order chi connectivity index (χ1) is 9.08. The van der Waals surface area contributed by atoms with Crippen LogP contribution in [0.3, 0.4) is 0 Å². The van der Waals surface area contributed by atoms with Crippen molar-refractivity contribution >= 4 is 0 Å². The van der Waals surface area contributed by atoms with E-state index in [-0.39, 0.29) is 17.8 Å². The van der Waals surface area contributed by atoms with Crippen molar-refractivity contribution in [2.45, 2.75) is 32.8 Å². The molecule has 19 heavy (non-hydrogen) atoms. The van der Waals surface area contributed by atoms with Gasteiger partial charge in [0.15, 0.2) is 0 Å². The van der Waals surface area contributed by atoms with E-state index in [1.165, 1.54) is 12.1 Å². The first-order valence-corrected chi connectivity index (χ1v) is 6.45. The fourth-order valence-corrected chi connectivity index (χ4v) is 1.95. The lowest BCUT2D eigenvalue weighted by molar-refractivity contribution is 0.218. The largest absolute Gasteiger partial charge is 0.484 e. The predicted octanol–water partition coefficient (Wildman–Crippen LogP) is 4.48. The maximum atomic E-state index is 13.4. The highest BCUT2D eigenvalue weighted by Crippen LogP contribution is 2.30. The van der Waals surface area contributed by atoms with Gasteiger partial charge in [-0.25, -0.2) is 4.39 Å². The zero-order valence-corrected chi connectivity index (χ0v) is 11.4. The minimum atomic E-state index is -0.285. The molecule has 1 unspecified atom stereocenters. The average molecular weight is 259 g/mol. The van der Waals surface area contributed by atoms with Gasteiger partial charge < -0.3 is 4.74 Å². The minimum Gasteiger partial charge on any atom is -0.484 e. The van der Waals surface area contributed by atoms with Gasteiger partial charge in [0.1, 0.15) is 17.7 Å². The molecule has 100 valence electrons. The Kier molecular flexibility index (Phi) is 4.15. The fourth-order valence-electron chi connectivity index (χ4n) is 1.95. The summed E-state index contributed by atoms with van der Waals surface area (Å²) in [6, 6.07) is 10.4. The standard InChI is InChI=1S/C16H18FNO/c1-11(2)14-8-7-13(17)10-16(14)19-12(3)15-6-4-5-9-18-15/h4-12H,1-3H3. The molecular formula is C16H18FNO. The van der Waals surface area contributed by atoms with Crippen LogP contribution in [-0.4, -0.2) is 4.98 Å². The Morgan fingerprint density at radius 3 is 2.53 bits per heavy atom. The van der Waals surface area contributed by atoms with Gasteiger partial charge in [0.05, 0.1) is 5.69 Å². The third kappa shape index (κ3) is 3.31. The number of ether oxygens (including phenoxy) is 1. The second-order valence-corrected chi connectivity index (χ2v) is 4.85. The Morgan fingerprint density at radius 1 is 1.11 bits per heavy atom. The fraction of sp³-hybridized carbons (Fsp3) is 0.312. The Bertz CT molecular complexity index is 540. The van der Waals surface area contributed by atoms with Crippen molar-refractivity contribution in [3.8, 4) is 5.75 Å². The highest BCUT2D eigenvalue weighted by atomic mass is 19.1. The predicted molar refractivity (Wildman–Crippen MR) is 73.8 cm³/mol. The molecule has 1 aromatic heterocycles. The molecule has 2 aromatic rings. The lowest BCUT2D eigenvalue weighted by Crippen LogP contribution is -2.07. The number of benzene rings is 1. The van der Waals surface area contributed by atoms with Crippen LogP contribution < -0.4 is 4.74 Å². The molecule has 0 bridgehead atoms. The molecule has 1 atom stereocenters. The van der Waals surface area contributed by atoms with Gasteiger partial charge in [-0.3, -0.25) is 4.98 Å². The summed E-state index contributed by atoms with van der Waals surface area (Å²) in [7, 11) is 0. The molecular weight excluding hydrogens is 241 g/mol. The van der Waals surface area contributed by atoms with Crippen LogP contribution >= 0.6 is 0 Å². The number of nitrogens with zero attached hydrogens (tertiary/aromatic N) is 1. The maximum absolute atomic E-state index is 13.4. The van der Waals surface area contributed by atoms with E-state index in [2.05, 4.69) is 18.8 Å². The van der Waals surface area contributed by atoms with Crippen LogP contribution in [0.15, 0.2) is 42.6 Å². The Labute approximate surface area is 113 Å². The normalized spacial score (nSPS) is 12.5. The average Bonchev–Trinajstić information content (AvgIpc) is 2.39. The summed E-state index contributed by atoms with van der Waals surface area (Å²) < 4.78 is 19.2. The summed E-state index contributed by atoms with van der Waals surface area (Å²) in [4.78, 5) is 4.25. The first-order valence-electron chi connectivity index (χ1n) is 6.45. The lowest BCUT2D eigenvalue weighted by atomic mass is 10.0. The van der Waals surface area contributed by atoms with Gasteiger partial charge in [0, 0.05) is 12.3 Å². The molecule has 1 aromatic carbocycles. The molecule has 0 radical (unpaired) electrons. The van der Waals surface area contributed by atoms with E-state index in [1.807, 2.05) is 25.1 Å². The summed E-state index contributed by atoms with van der Waals surface area (Å²) in [5, 5.41) is 0. The Morgan fingerprint density at radius 2 is 1.89 bits per heavy atom. The molecule has 0 amide bonds. The highest BCUT2D eigenvalue weighted by Gasteiger charge is 2.14. The molecule has 2 nitrogen and oxygen atoms in total. The number of hydrogen-bond acceptors (Lipinski definition) is 2. The van der Waals surface area contributed by atoms with Crippen LogP contribution in [0.2, 0.25) is 0 Å². The monoisotopic (exact) mass is 259 g/mol. The quantitative estimate of drug-likeness (QED) is 0.807. The third-order valence-electron chi connectivity index (χ3n) is 3.01. The maximum Gasteiger partial charge on any atom is 0.138 e. The summed E-state index contributed by atoms with van der Waals surface area (Å²) in [5.41, 5.74) is 1.84. The second kappa shape index (κ2) is 5.83. The number of aromatic nitrogens is 1. The first kappa shape index (κ1) is 13.5.